The van der Waals surface area contributed by atoms with Crippen LogP contribution in [0.25, 0.3) is 0 Å². The largest absolute Gasteiger partial charge is 0.497 e. The van der Waals surface area contributed by atoms with Crippen molar-refractivity contribution in [3.05, 3.63) is 22.9 Å². The molecule has 0 radical (unpaired) electrons. The zero-order valence-electron chi connectivity index (χ0n) is 7.37. The molecule has 1 fully saturated rings. The molecular formula is C7H9BF3N2O-. The van der Waals surface area contributed by atoms with E-state index in [9.17, 15) is 17.7 Å². The number of hydrogen-bond donors (Lipinski definition) is 0. The summed E-state index contributed by atoms with van der Waals surface area (Å²) in [4.78, 5) is 11.4. The Bertz CT molecular complexity index is 390. The molecule has 0 unspecified atom stereocenters. The SMILES string of the molecule is O=c1n(C[B-](F)(F)F)ccn1C1CC1. The van der Waals surface area contributed by atoms with E-state index in [1.807, 2.05) is 0 Å². The molecule has 0 spiro atoms. The van der Waals surface area contributed by atoms with Gasteiger partial charge in [-0.1, -0.05) is 0 Å². The highest BCUT2D eigenvalue weighted by Crippen LogP contribution is 2.33. The molecule has 3 nitrogen and oxygen atoms in total. The van der Waals surface area contributed by atoms with Gasteiger partial charge in [-0.25, -0.2) is 4.79 Å². The molecule has 0 amide bonds. The van der Waals surface area contributed by atoms with Crippen molar-refractivity contribution in [2.24, 2.45) is 0 Å². The summed E-state index contributed by atoms with van der Waals surface area (Å²) in [6.45, 7) is -4.94. The fraction of sp³-hybridized carbons (Fsp3) is 0.571. The maximum absolute atomic E-state index is 12.0. The Balaban J connectivity index is 2.23. The van der Waals surface area contributed by atoms with Gasteiger partial charge in [-0.15, -0.1) is 0 Å². The molecule has 1 aromatic heterocycles. The lowest BCUT2D eigenvalue weighted by atomic mass is 9.92. The molecule has 1 aromatic rings. The van der Waals surface area contributed by atoms with Crippen LogP contribution >= 0.6 is 0 Å². The van der Waals surface area contributed by atoms with E-state index >= 15 is 0 Å². The predicted molar refractivity (Wildman–Crippen MR) is 46.0 cm³/mol. The van der Waals surface area contributed by atoms with Gasteiger partial charge in [0.25, 0.3) is 0 Å². The van der Waals surface area contributed by atoms with Gasteiger partial charge in [-0.05, 0) is 19.3 Å². The summed E-state index contributed by atoms with van der Waals surface area (Å²) in [5.74, 6) is 0. The van der Waals surface area contributed by atoms with Gasteiger partial charge in [0.2, 0.25) is 0 Å². The van der Waals surface area contributed by atoms with Crippen LogP contribution in [-0.2, 0) is 6.44 Å². The Morgan fingerprint density at radius 1 is 1.36 bits per heavy atom. The van der Waals surface area contributed by atoms with Crippen molar-refractivity contribution in [2.75, 3.05) is 0 Å². The molecule has 0 aliphatic heterocycles. The molecule has 0 aromatic carbocycles. The summed E-state index contributed by atoms with van der Waals surface area (Å²) >= 11 is 0. The van der Waals surface area contributed by atoms with Crippen molar-refractivity contribution in [1.82, 2.24) is 9.13 Å². The maximum atomic E-state index is 12.0. The van der Waals surface area contributed by atoms with Gasteiger partial charge >= 0.3 is 12.7 Å². The summed E-state index contributed by atoms with van der Waals surface area (Å²) in [5, 5.41) is 0. The van der Waals surface area contributed by atoms with E-state index in [0.29, 0.717) is 0 Å². The second-order valence-electron chi connectivity index (χ2n) is 3.58. The average molecular weight is 205 g/mol. The number of aromatic nitrogens is 2. The second kappa shape index (κ2) is 2.93. The van der Waals surface area contributed by atoms with Gasteiger partial charge < -0.3 is 17.5 Å². The molecular weight excluding hydrogens is 196 g/mol. The first kappa shape index (κ1) is 9.42. The van der Waals surface area contributed by atoms with Crippen LogP contribution in [0.5, 0.6) is 0 Å². The van der Waals surface area contributed by atoms with E-state index in [1.165, 1.54) is 17.0 Å². The summed E-state index contributed by atoms with van der Waals surface area (Å²) in [6, 6.07) is 0.129. The monoisotopic (exact) mass is 205 g/mol. The molecule has 1 heterocycles. The Kier molecular flexibility index (Phi) is 1.97. The second-order valence-corrected chi connectivity index (χ2v) is 3.58. The lowest BCUT2D eigenvalue weighted by Crippen LogP contribution is -2.32. The minimum Gasteiger partial charge on any atom is -0.448 e. The molecule has 0 saturated heterocycles. The van der Waals surface area contributed by atoms with E-state index in [4.69, 9.17) is 0 Å². The lowest BCUT2D eigenvalue weighted by molar-refractivity contribution is 0.441. The van der Waals surface area contributed by atoms with Gasteiger partial charge in [0.1, 0.15) is 0 Å². The van der Waals surface area contributed by atoms with Crippen molar-refractivity contribution in [3.8, 4) is 0 Å². The molecule has 0 atom stereocenters. The Labute approximate surface area is 78.2 Å². The zero-order chi connectivity index (χ0) is 10.3. The van der Waals surface area contributed by atoms with Gasteiger partial charge in [0.05, 0.1) is 0 Å². The van der Waals surface area contributed by atoms with Crippen LogP contribution in [0, 0.1) is 0 Å². The third kappa shape index (κ3) is 1.86. The normalized spacial score (nSPS) is 17.4. The van der Waals surface area contributed by atoms with Crippen LogP contribution in [0.1, 0.15) is 18.9 Å². The first-order valence-electron chi connectivity index (χ1n) is 4.45. The first-order valence-corrected chi connectivity index (χ1v) is 4.45. The molecule has 7 heteroatoms. The lowest BCUT2D eigenvalue weighted by Gasteiger charge is -2.12. The van der Waals surface area contributed by atoms with E-state index in [-0.39, 0.29) is 6.04 Å². The summed E-state index contributed by atoms with van der Waals surface area (Å²) < 4.78 is 38.2. The van der Waals surface area contributed by atoms with E-state index < -0.39 is 19.1 Å². The van der Waals surface area contributed by atoms with E-state index in [1.54, 1.807) is 0 Å². The third-order valence-corrected chi connectivity index (χ3v) is 2.22. The maximum Gasteiger partial charge on any atom is 0.497 e. The topological polar surface area (TPSA) is 26.9 Å². The van der Waals surface area contributed by atoms with Crippen LogP contribution in [0.3, 0.4) is 0 Å². The molecule has 0 N–H and O–H groups in total. The van der Waals surface area contributed by atoms with Gasteiger partial charge in [-0.2, -0.15) is 0 Å². The molecule has 2 rings (SSSR count). The number of imidazole rings is 1. The molecule has 14 heavy (non-hydrogen) atoms. The predicted octanol–water partition coefficient (Wildman–Crippen LogP) is 1.37. The van der Waals surface area contributed by atoms with Crippen molar-refractivity contribution in [2.45, 2.75) is 25.3 Å². The van der Waals surface area contributed by atoms with Crippen LogP contribution < -0.4 is 5.69 Å². The highest BCUT2D eigenvalue weighted by atomic mass is 19.4. The van der Waals surface area contributed by atoms with E-state index in [0.717, 1.165) is 17.4 Å². The molecule has 1 saturated carbocycles. The fourth-order valence-corrected chi connectivity index (χ4v) is 1.42. The van der Waals surface area contributed by atoms with Crippen LogP contribution in [0.2, 0.25) is 0 Å². The Morgan fingerprint density at radius 2 is 2.00 bits per heavy atom. The summed E-state index contributed by atoms with van der Waals surface area (Å²) in [5.41, 5.74) is -0.549. The highest BCUT2D eigenvalue weighted by molar-refractivity contribution is 6.57. The van der Waals surface area contributed by atoms with Crippen molar-refractivity contribution >= 4 is 6.98 Å². The number of nitrogens with zero attached hydrogens (tertiary/aromatic N) is 2. The van der Waals surface area contributed by atoms with Crippen molar-refractivity contribution < 1.29 is 12.9 Å². The Morgan fingerprint density at radius 3 is 2.50 bits per heavy atom. The van der Waals surface area contributed by atoms with Gasteiger partial charge in [0, 0.05) is 18.4 Å². The third-order valence-electron chi connectivity index (χ3n) is 2.22. The number of halogens is 3. The molecule has 0 bridgehead atoms. The number of hydrogen-bond acceptors (Lipinski definition) is 1. The quantitative estimate of drug-likeness (QED) is 0.684. The standard InChI is InChI=1S/C7H9BF3N2O/c9-8(10,11)5-12-3-4-13(7(12)14)6-1-2-6/h3-4,6H,1-2,5H2/q-1. The first-order chi connectivity index (χ1) is 6.47. The number of rotatable bonds is 3. The Hall–Kier alpha value is -1.14. The highest BCUT2D eigenvalue weighted by Gasteiger charge is 2.28. The smallest absolute Gasteiger partial charge is 0.448 e. The fourth-order valence-electron chi connectivity index (χ4n) is 1.42. The molecule has 78 valence electrons. The van der Waals surface area contributed by atoms with Crippen LogP contribution in [0.15, 0.2) is 17.2 Å². The minimum atomic E-state index is -4.94. The summed E-state index contributed by atoms with van der Waals surface area (Å²) in [7, 11) is 0. The minimum absolute atomic E-state index is 0.129. The van der Waals surface area contributed by atoms with Gasteiger partial charge in [-0.3, -0.25) is 4.57 Å². The van der Waals surface area contributed by atoms with E-state index in [2.05, 4.69) is 0 Å². The van der Waals surface area contributed by atoms with Gasteiger partial charge in [0.15, 0.2) is 0 Å². The molecule has 1 aliphatic carbocycles. The average Bonchev–Trinajstić information content (AvgIpc) is 2.79. The summed E-state index contributed by atoms with van der Waals surface area (Å²) in [6.07, 6.45) is 3.28. The van der Waals surface area contributed by atoms with Crippen molar-refractivity contribution in [1.29, 1.82) is 0 Å². The van der Waals surface area contributed by atoms with Crippen LogP contribution in [0.4, 0.5) is 12.9 Å². The van der Waals surface area contributed by atoms with Crippen LogP contribution in [-0.4, -0.2) is 16.1 Å². The molecule has 1 aliphatic rings. The van der Waals surface area contributed by atoms with Crippen molar-refractivity contribution in [3.63, 3.8) is 0 Å². The zero-order valence-corrected chi connectivity index (χ0v) is 7.37.